The van der Waals surface area contributed by atoms with Crippen LogP contribution in [0.4, 0.5) is 0 Å². The van der Waals surface area contributed by atoms with E-state index >= 15 is 0 Å². The molecule has 1 unspecified atom stereocenters. The maximum atomic E-state index is 12.1. The highest BCUT2D eigenvalue weighted by molar-refractivity contribution is 5.78. The largest absolute Gasteiger partial charge is 0.481 e. The third-order valence-corrected chi connectivity index (χ3v) is 4.35. The van der Waals surface area contributed by atoms with Crippen LogP contribution in [0.15, 0.2) is 0 Å². The summed E-state index contributed by atoms with van der Waals surface area (Å²) in [6.07, 6.45) is 8.67. The van der Waals surface area contributed by atoms with Crippen molar-refractivity contribution < 1.29 is 14.7 Å². The number of aliphatic carboxylic acids is 1. The van der Waals surface area contributed by atoms with Crippen molar-refractivity contribution in [2.45, 2.75) is 63.8 Å². The van der Waals surface area contributed by atoms with Crippen LogP contribution in [0.1, 0.15) is 57.8 Å². The molecular weight excluding hydrogens is 230 g/mol. The lowest BCUT2D eigenvalue weighted by Gasteiger charge is -2.24. The van der Waals surface area contributed by atoms with E-state index in [-0.39, 0.29) is 18.4 Å². The minimum Gasteiger partial charge on any atom is -0.481 e. The first kappa shape index (κ1) is 13.4. The SMILES string of the molecule is O=C(O)CC1CCCN1C(=O)CCC1CCCC1. The molecule has 4 nitrogen and oxygen atoms in total. The van der Waals surface area contributed by atoms with Gasteiger partial charge in [-0.15, -0.1) is 0 Å². The van der Waals surface area contributed by atoms with E-state index in [1.165, 1.54) is 25.7 Å². The highest BCUT2D eigenvalue weighted by Crippen LogP contribution is 2.29. The molecular formula is C14H23NO3. The van der Waals surface area contributed by atoms with E-state index in [1.807, 2.05) is 4.90 Å². The molecule has 1 aliphatic carbocycles. The van der Waals surface area contributed by atoms with Gasteiger partial charge in [0, 0.05) is 19.0 Å². The second kappa shape index (κ2) is 6.21. The highest BCUT2D eigenvalue weighted by Gasteiger charge is 2.30. The Morgan fingerprint density at radius 2 is 1.83 bits per heavy atom. The number of carboxylic acid groups (broad SMARTS) is 1. The second-order valence-corrected chi connectivity index (χ2v) is 5.67. The van der Waals surface area contributed by atoms with Gasteiger partial charge in [0.05, 0.1) is 6.42 Å². The quantitative estimate of drug-likeness (QED) is 0.818. The van der Waals surface area contributed by atoms with Gasteiger partial charge >= 0.3 is 5.97 Å². The molecule has 0 aromatic carbocycles. The Bertz CT molecular complexity index is 310. The van der Waals surface area contributed by atoms with E-state index in [9.17, 15) is 9.59 Å². The minimum atomic E-state index is -0.796. The van der Waals surface area contributed by atoms with Crippen molar-refractivity contribution in [3.63, 3.8) is 0 Å². The van der Waals surface area contributed by atoms with Crippen LogP contribution in [0.3, 0.4) is 0 Å². The summed E-state index contributed by atoms with van der Waals surface area (Å²) in [6, 6.07) is -0.0569. The number of nitrogens with zero attached hydrogens (tertiary/aromatic N) is 1. The number of carbonyl (C=O) groups excluding carboxylic acids is 1. The van der Waals surface area contributed by atoms with Gasteiger partial charge in [0.1, 0.15) is 0 Å². The summed E-state index contributed by atoms with van der Waals surface area (Å²) in [5.74, 6) is 0.107. The lowest BCUT2D eigenvalue weighted by molar-refractivity contribution is -0.140. The minimum absolute atomic E-state index is 0.0569. The summed E-state index contributed by atoms with van der Waals surface area (Å²) < 4.78 is 0. The van der Waals surface area contributed by atoms with E-state index in [0.717, 1.165) is 31.7 Å². The molecule has 0 aromatic rings. The van der Waals surface area contributed by atoms with Crippen LogP contribution in [0.25, 0.3) is 0 Å². The molecule has 2 rings (SSSR count). The molecule has 2 fully saturated rings. The Kier molecular flexibility index (Phi) is 4.61. The number of amides is 1. The Hall–Kier alpha value is -1.06. The predicted octanol–water partition coefficient (Wildman–Crippen LogP) is 2.42. The summed E-state index contributed by atoms with van der Waals surface area (Å²) in [7, 11) is 0. The van der Waals surface area contributed by atoms with Crippen molar-refractivity contribution in [3.8, 4) is 0 Å². The molecule has 1 N–H and O–H groups in total. The molecule has 1 amide bonds. The van der Waals surface area contributed by atoms with Gasteiger partial charge in [0.2, 0.25) is 5.91 Å². The Morgan fingerprint density at radius 3 is 2.50 bits per heavy atom. The molecule has 1 aliphatic heterocycles. The van der Waals surface area contributed by atoms with Crippen molar-refractivity contribution >= 4 is 11.9 Å². The van der Waals surface area contributed by atoms with E-state index in [4.69, 9.17) is 5.11 Å². The average molecular weight is 253 g/mol. The lowest BCUT2D eigenvalue weighted by atomic mass is 10.0. The molecule has 102 valence electrons. The molecule has 0 radical (unpaired) electrons. The first-order valence-corrected chi connectivity index (χ1v) is 7.18. The average Bonchev–Trinajstić information content (AvgIpc) is 2.95. The maximum Gasteiger partial charge on any atom is 0.305 e. The molecule has 2 aliphatic rings. The predicted molar refractivity (Wildman–Crippen MR) is 68.2 cm³/mol. The van der Waals surface area contributed by atoms with Gasteiger partial charge in [-0.2, -0.15) is 0 Å². The fraction of sp³-hybridized carbons (Fsp3) is 0.857. The summed E-state index contributed by atoms with van der Waals surface area (Å²) in [5.41, 5.74) is 0. The number of carboxylic acids is 1. The van der Waals surface area contributed by atoms with Crippen molar-refractivity contribution in [1.82, 2.24) is 4.90 Å². The third kappa shape index (κ3) is 3.47. The van der Waals surface area contributed by atoms with Gasteiger partial charge in [-0.05, 0) is 25.2 Å². The standard InChI is InChI=1S/C14H23NO3/c16-13(8-7-11-4-1-2-5-11)15-9-3-6-12(15)10-14(17)18/h11-12H,1-10H2,(H,17,18). The topological polar surface area (TPSA) is 57.6 Å². The van der Waals surface area contributed by atoms with Crippen molar-refractivity contribution in [2.24, 2.45) is 5.92 Å². The fourth-order valence-electron chi connectivity index (χ4n) is 3.35. The van der Waals surface area contributed by atoms with Gasteiger partial charge in [-0.1, -0.05) is 25.7 Å². The van der Waals surface area contributed by atoms with Crippen LogP contribution in [0, 0.1) is 5.92 Å². The second-order valence-electron chi connectivity index (χ2n) is 5.67. The van der Waals surface area contributed by atoms with Crippen LogP contribution in [-0.2, 0) is 9.59 Å². The van der Waals surface area contributed by atoms with Gasteiger partial charge in [-0.25, -0.2) is 0 Å². The third-order valence-electron chi connectivity index (χ3n) is 4.35. The lowest BCUT2D eigenvalue weighted by Crippen LogP contribution is -2.36. The van der Waals surface area contributed by atoms with Gasteiger partial charge in [0.25, 0.3) is 0 Å². The maximum absolute atomic E-state index is 12.1. The Labute approximate surface area is 108 Å². The van der Waals surface area contributed by atoms with Crippen molar-refractivity contribution in [1.29, 1.82) is 0 Å². The molecule has 0 spiro atoms. The molecule has 0 bridgehead atoms. The van der Waals surface area contributed by atoms with E-state index in [2.05, 4.69) is 0 Å². The highest BCUT2D eigenvalue weighted by atomic mass is 16.4. The summed E-state index contributed by atoms with van der Waals surface area (Å²) in [5, 5.41) is 8.84. The van der Waals surface area contributed by atoms with Crippen molar-refractivity contribution in [3.05, 3.63) is 0 Å². The van der Waals surface area contributed by atoms with E-state index in [0.29, 0.717) is 6.42 Å². The van der Waals surface area contributed by atoms with Gasteiger partial charge in [-0.3, -0.25) is 9.59 Å². The molecule has 18 heavy (non-hydrogen) atoms. The first-order chi connectivity index (χ1) is 8.66. The van der Waals surface area contributed by atoms with E-state index in [1.54, 1.807) is 0 Å². The first-order valence-electron chi connectivity index (χ1n) is 7.18. The molecule has 1 heterocycles. The van der Waals surface area contributed by atoms with E-state index < -0.39 is 5.97 Å². The van der Waals surface area contributed by atoms with Crippen molar-refractivity contribution in [2.75, 3.05) is 6.54 Å². The summed E-state index contributed by atoms with van der Waals surface area (Å²) in [4.78, 5) is 24.7. The number of hydrogen-bond donors (Lipinski definition) is 1. The van der Waals surface area contributed by atoms with Crippen LogP contribution < -0.4 is 0 Å². The molecule has 1 atom stereocenters. The van der Waals surface area contributed by atoms with Crippen LogP contribution >= 0.6 is 0 Å². The van der Waals surface area contributed by atoms with Crippen LogP contribution in [-0.4, -0.2) is 34.5 Å². The normalized spacial score (nSPS) is 24.7. The zero-order valence-electron chi connectivity index (χ0n) is 10.9. The van der Waals surface area contributed by atoms with Gasteiger partial charge in [0.15, 0.2) is 0 Å². The molecule has 1 saturated heterocycles. The zero-order chi connectivity index (χ0) is 13.0. The summed E-state index contributed by atoms with van der Waals surface area (Å²) in [6.45, 7) is 0.751. The number of hydrogen-bond acceptors (Lipinski definition) is 2. The Morgan fingerprint density at radius 1 is 1.11 bits per heavy atom. The monoisotopic (exact) mass is 253 g/mol. The number of carbonyl (C=O) groups is 2. The fourth-order valence-corrected chi connectivity index (χ4v) is 3.35. The number of rotatable bonds is 5. The van der Waals surface area contributed by atoms with Crippen LogP contribution in [0.2, 0.25) is 0 Å². The molecule has 4 heteroatoms. The molecule has 0 aromatic heterocycles. The smallest absolute Gasteiger partial charge is 0.305 e. The summed E-state index contributed by atoms with van der Waals surface area (Å²) >= 11 is 0. The Balaban J connectivity index is 1.77. The van der Waals surface area contributed by atoms with Crippen LogP contribution in [0.5, 0.6) is 0 Å². The zero-order valence-corrected chi connectivity index (χ0v) is 10.9. The molecule has 1 saturated carbocycles. The van der Waals surface area contributed by atoms with Gasteiger partial charge < -0.3 is 10.0 Å². The number of likely N-dealkylation sites (tertiary alicyclic amines) is 1.